The Morgan fingerprint density at radius 2 is 2.00 bits per heavy atom. The molecule has 10 heteroatoms. The van der Waals surface area contributed by atoms with Crippen molar-refractivity contribution in [2.24, 2.45) is 5.16 Å². The molecule has 0 spiro atoms. The van der Waals surface area contributed by atoms with Crippen LogP contribution in [0.4, 0.5) is 15.9 Å². The van der Waals surface area contributed by atoms with Gasteiger partial charge in [-0.3, -0.25) is 14.6 Å². The number of oxime groups is 1. The molecular formula is C25H25FN8O. The molecular weight excluding hydrogens is 447 g/mol. The zero-order chi connectivity index (χ0) is 24.3. The minimum Gasteiger partial charge on any atom is -0.397 e. The summed E-state index contributed by atoms with van der Waals surface area (Å²) in [6.07, 6.45) is 7.19. The molecule has 1 unspecified atom stereocenters. The summed E-state index contributed by atoms with van der Waals surface area (Å²) < 4.78 is 17.0. The fraction of sp³-hybridized carbons (Fsp3) is 0.280. The molecule has 2 aliphatic heterocycles. The van der Waals surface area contributed by atoms with Gasteiger partial charge >= 0.3 is 0 Å². The van der Waals surface area contributed by atoms with Crippen LogP contribution >= 0.6 is 0 Å². The number of pyridine rings is 2. The summed E-state index contributed by atoms with van der Waals surface area (Å²) in [5.41, 5.74) is 8.93. The van der Waals surface area contributed by atoms with Crippen LogP contribution in [0.3, 0.4) is 0 Å². The lowest BCUT2D eigenvalue weighted by Crippen LogP contribution is -2.53. The molecule has 9 nitrogen and oxygen atoms in total. The highest BCUT2D eigenvalue weighted by Gasteiger charge is 2.44. The molecule has 0 fully saturated rings. The largest absolute Gasteiger partial charge is 0.397 e. The molecule has 0 amide bonds. The van der Waals surface area contributed by atoms with E-state index in [-0.39, 0.29) is 12.0 Å². The minimum atomic E-state index is -0.623. The fourth-order valence-electron chi connectivity index (χ4n) is 4.87. The van der Waals surface area contributed by atoms with Gasteiger partial charge in [-0.1, -0.05) is 5.16 Å². The molecule has 178 valence electrons. The van der Waals surface area contributed by atoms with Crippen molar-refractivity contribution in [3.05, 3.63) is 66.1 Å². The number of benzene rings is 1. The summed E-state index contributed by atoms with van der Waals surface area (Å²) >= 11 is 0. The first-order valence-electron chi connectivity index (χ1n) is 11.4. The van der Waals surface area contributed by atoms with Gasteiger partial charge in [0.2, 0.25) is 5.72 Å². The number of nitrogens with one attached hydrogen (secondary N) is 1. The fourth-order valence-corrected chi connectivity index (χ4v) is 4.87. The molecule has 0 saturated carbocycles. The lowest BCUT2D eigenvalue weighted by atomic mass is 9.98. The van der Waals surface area contributed by atoms with E-state index >= 15 is 4.39 Å². The maximum atomic E-state index is 15.0. The quantitative estimate of drug-likeness (QED) is 0.466. The van der Waals surface area contributed by atoms with Crippen molar-refractivity contribution in [2.45, 2.75) is 45.6 Å². The molecule has 1 aromatic carbocycles. The Bertz CT molecular complexity index is 1490. The van der Waals surface area contributed by atoms with Crippen molar-refractivity contribution in [1.82, 2.24) is 24.6 Å². The molecule has 0 saturated heterocycles. The summed E-state index contributed by atoms with van der Waals surface area (Å²) in [6, 6.07) is 7.25. The summed E-state index contributed by atoms with van der Waals surface area (Å²) in [6.45, 7) is 6.37. The predicted octanol–water partition coefficient (Wildman–Crippen LogP) is 3.90. The summed E-state index contributed by atoms with van der Waals surface area (Å²) in [7, 11) is 0. The van der Waals surface area contributed by atoms with E-state index in [4.69, 9.17) is 10.6 Å². The third kappa shape index (κ3) is 3.52. The van der Waals surface area contributed by atoms with E-state index in [0.29, 0.717) is 41.0 Å². The molecule has 0 aliphatic carbocycles. The van der Waals surface area contributed by atoms with Gasteiger partial charge < -0.3 is 15.9 Å². The van der Waals surface area contributed by atoms with E-state index in [1.54, 1.807) is 24.8 Å². The summed E-state index contributed by atoms with van der Waals surface area (Å²) in [5.74, 6) is 1.12. The van der Waals surface area contributed by atoms with Crippen molar-refractivity contribution in [3.8, 4) is 11.1 Å². The number of nitrogens with two attached hydrogens (primary N) is 1. The second-order valence-electron chi connectivity index (χ2n) is 9.41. The SMILES string of the molecule is Cc1c(N)cncc1-c1cc2cc(NC3Cc4ccnn4CC4=NOC(C)(C)N43)ncc2cc1F. The highest BCUT2D eigenvalue weighted by molar-refractivity contribution is 5.90. The zero-order valence-electron chi connectivity index (χ0n) is 19.7. The number of aromatic nitrogens is 4. The molecule has 0 radical (unpaired) electrons. The molecule has 3 N–H and O–H groups in total. The van der Waals surface area contributed by atoms with Gasteiger partial charge in [0.15, 0.2) is 5.84 Å². The maximum absolute atomic E-state index is 15.0. The third-order valence-corrected chi connectivity index (χ3v) is 6.71. The van der Waals surface area contributed by atoms with Gasteiger partial charge in [-0.15, -0.1) is 0 Å². The second-order valence-corrected chi connectivity index (χ2v) is 9.41. The van der Waals surface area contributed by atoms with Crippen LogP contribution < -0.4 is 11.1 Å². The molecule has 1 atom stereocenters. The van der Waals surface area contributed by atoms with Crippen LogP contribution in [-0.4, -0.2) is 42.4 Å². The number of hydrogen-bond acceptors (Lipinski definition) is 8. The summed E-state index contributed by atoms with van der Waals surface area (Å²) in [5, 5.41) is 13.9. The Kier molecular flexibility index (Phi) is 4.67. The summed E-state index contributed by atoms with van der Waals surface area (Å²) in [4.78, 5) is 16.6. The van der Waals surface area contributed by atoms with Gasteiger partial charge in [0, 0.05) is 47.2 Å². The molecule has 3 aromatic heterocycles. The Morgan fingerprint density at radius 1 is 1.14 bits per heavy atom. The topological polar surface area (TPSA) is 106 Å². The standard InChI is InChI=1S/C25H25FN8O/c1-14-19(11-28-12-21(14)27)18-6-15-8-22(29-10-16(15)7-20(18)26)31-23-9-17-4-5-30-33(17)13-24-32-35-25(2,3)34(23)24/h4-8,10-12,23H,9,13,27H2,1-3H3,(H,29,31). The smallest absolute Gasteiger partial charge is 0.207 e. The molecule has 4 aromatic rings. The lowest BCUT2D eigenvalue weighted by molar-refractivity contribution is -0.0791. The van der Waals surface area contributed by atoms with Crippen LogP contribution in [0, 0.1) is 12.7 Å². The van der Waals surface area contributed by atoms with Crippen molar-refractivity contribution in [3.63, 3.8) is 0 Å². The van der Waals surface area contributed by atoms with Gasteiger partial charge in [-0.25, -0.2) is 9.37 Å². The number of nitrogen functional groups attached to an aromatic ring is 1. The Hall–Kier alpha value is -4.21. The van der Waals surface area contributed by atoms with E-state index in [0.717, 1.165) is 22.5 Å². The van der Waals surface area contributed by atoms with Crippen LogP contribution in [0.1, 0.15) is 25.1 Å². The highest BCUT2D eigenvalue weighted by atomic mass is 19.1. The van der Waals surface area contributed by atoms with Gasteiger partial charge in [-0.05, 0) is 56.0 Å². The van der Waals surface area contributed by atoms with Gasteiger partial charge in [0.25, 0.3) is 0 Å². The van der Waals surface area contributed by atoms with Gasteiger partial charge in [-0.2, -0.15) is 5.10 Å². The average Bonchev–Trinajstić information content (AvgIpc) is 3.33. The van der Waals surface area contributed by atoms with E-state index < -0.39 is 5.72 Å². The first-order valence-corrected chi connectivity index (χ1v) is 11.4. The second kappa shape index (κ2) is 7.66. The Morgan fingerprint density at radius 3 is 2.86 bits per heavy atom. The Labute approximate surface area is 201 Å². The minimum absolute atomic E-state index is 0.172. The van der Waals surface area contributed by atoms with Crippen LogP contribution in [0.2, 0.25) is 0 Å². The molecule has 6 rings (SSSR count). The third-order valence-electron chi connectivity index (χ3n) is 6.71. The first kappa shape index (κ1) is 21.3. The average molecular weight is 473 g/mol. The zero-order valence-corrected chi connectivity index (χ0v) is 19.7. The molecule has 0 bridgehead atoms. The Balaban J connectivity index is 1.39. The van der Waals surface area contributed by atoms with Gasteiger partial charge in [0.05, 0.1) is 11.9 Å². The number of amidine groups is 1. The number of rotatable bonds is 3. The normalized spacial score (nSPS) is 18.5. The van der Waals surface area contributed by atoms with E-state index in [2.05, 4.69) is 30.4 Å². The monoisotopic (exact) mass is 472 g/mol. The number of fused-ring (bicyclic) bond motifs is 3. The first-order chi connectivity index (χ1) is 16.8. The van der Waals surface area contributed by atoms with Gasteiger partial charge in [0.1, 0.15) is 24.3 Å². The molecule has 35 heavy (non-hydrogen) atoms. The van der Waals surface area contributed by atoms with E-state index in [1.165, 1.54) is 6.07 Å². The predicted molar refractivity (Wildman–Crippen MR) is 132 cm³/mol. The van der Waals surface area contributed by atoms with Crippen molar-refractivity contribution >= 4 is 28.1 Å². The number of nitrogens with zero attached hydrogens (tertiary/aromatic N) is 6. The molecule has 5 heterocycles. The number of anilines is 2. The van der Waals surface area contributed by atoms with E-state index in [9.17, 15) is 0 Å². The van der Waals surface area contributed by atoms with Crippen molar-refractivity contribution < 1.29 is 9.23 Å². The highest BCUT2D eigenvalue weighted by Crippen LogP contribution is 2.34. The van der Waals surface area contributed by atoms with Crippen molar-refractivity contribution in [2.75, 3.05) is 11.1 Å². The van der Waals surface area contributed by atoms with E-state index in [1.807, 2.05) is 43.7 Å². The number of hydrogen-bond donors (Lipinski definition) is 2. The van der Waals surface area contributed by atoms with Crippen LogP contribution in [0.5, 0.6) is 0 Å². The molecule has 2 aliphatic rings. The van der Waals surface area contributed by atoms with Crippen LogP contribution in [0.25, 0.3) is 21.9 Å². The maximum Gasteiger partial charge on any atom is 0.207 e. The lowest BCUT2D eigenvalue weighted by Gasteiger charge is -2.37. The number of halogens is 1. The van der Waals surface area contributed by atoms with Crippen LogP contribution in [0.15, 0.2) is 54.2 Å². The van der Waals surface area contributed by atoms with Crippen molar-refractivity contribution in [1.29, 1.82) is 0 Å². The van der Waals surface area contributed by atoms with Crippen LogP contribution in [-0.2, 0) is 17.8 Å².